The van der Waals surface area contributed by atoms with Gasteiger partial charge in [-0.25, -0.2) is 0 Å². The molecule has 1 fully saturated rings. The second kappa shape index (κ2) is 5.34. The molecule has 1 aliphatic rings. The van der Waals surface area contributed by atoms with Gasteiger partial charge in [0.2, 0.25) is 0 Å². The second-order valence-corrected chi connectivity index (χ2v) is 6.36. The Labute approximate surface area is 95.3 Å². The lowest BCUT2D eigenvalue weighted by molar-refractivity contribution is -0.0103. The molecule has 0 bridgehead atoms. The van der Waals surface area contributed by atoms with Gasteiger partial charge in [-0.05, 0) is 36.5 Å². The van der Waals surface area contributed by atoms with Crippen molar-refractivity contribution >= 4 is 0 Å². The van der Waals surface area contributed by atoms with Crippen molar-refractivity contribution in [3.05, 3.63) is 0 Å². The standard InChI is InChI=1S/C14H28O/c1-5-6-7-11-8-9-12(13(15)10-11)14(2,3)4/h11-13,15H,5-10H2,1-4H3. The van der Waals surface area contributed by atoms with Crippen molar-refractivity contribution in [2.24, 2.45) is 17.3 Å². The van der Waals surface area contributed by atoms with Gasteiger partial charge in [-0.1, -0.05) is 47.0 Å². The minimum atomic E-state index is -0.0550. The third kappa shape index (κ3) is 3.79. The summed E-state index contributed by atoms with van der Waals surface area (Å²) in [5.41, 5.74) is 0.273. The first-order chi connectivity index (χ1) is 6.95. The van der Waals surface area contributed by atoms with E-state index in [2.05, 4.69) is 27.7 Å². The highest BCUT2D eigenvalue weighted by Gasteiger charge is 2.35. The van der Waals surface area contributed by atoms with E-state index >= 15 is 0 Å². The maximum absolute atomic E-state index is 10.2. The van der Waals surface area contributed by atoms with Gasteiger partial charge in [0.1, 0.15) is 0 Å². The lowest BCUT2D eigenvalue weighted by atomic mass is 9.67. The van der Waals surface area contributed by atoms with Gasteiger partial charge in [0.15, 0.2) is 0 Å². The molecule has 1 rings (SSSR count). The molecule has 0 spiro atoms. The van der Waals surface area contributed by atoms with Gasteiger partial charge in [0.25, 0.3) is 0 Å². The normalized spacial score (nSPS) is 33.0. The average molecular weight is 212 g/mol. The van der Waals surface area contributed by atoms with Crippen molar-refractivity contribution in [2.45, 2.75) is 72.3 Å². The SMILES string of the molecule is CCCCC1CCC(C(C)(C)C)C(O)C1. The van der Waals surface area contributed by atoms with E-state index in [-0.39, 0.29) is 11.5 Å². The van der Waals surface area contributed by atoms with Gasteiger partial charge in [-0.15, -0.1) is 0 Å². The van der Waals surface area contributed by atoms with Gasteiger partial charge >= 0.3 is 0 Å². The van der Waals surface area contributed by atoms with Crippen LogP contribution in [0.15, 0.2) is 0 Å². The molecule has 3 atom stereocenters. The summed E-state index contributed by atoms with van der Waals surface area (Å²) in [6.07, 6.45) is 7.48. The monoisotopic (exact) mass is 212 g/mol. The molecule has 90 valence electrons. The molecule has 1 aliphatic carbocycles. The summed E-state index contributed by atoms with van der Waals surface area (Å²) in [5.74, 6) is 1.30. The maximum Gasteiger partial charge on any atom is 0.0576 e. The number of rotatable bonds is 3. The first kappa shape index (κ1) is 13.0. The van der Waals surface area contributed by atoms with Crippen LogP contribution in [0.5, 0.6) is 0 Å². The Morgan fingerprint density at radius 1 is 1.20 bits per heavy atom. The summed E-state index contributed by atoms with van der Waals surface area (Å²) in [6, 6.07) is 0. The summed E-state index contributed by atoms with van der Waals surface area (Å²) < 4.78 is 0. The Morgan fingerprint density at radius 3 is 2.33 bits per heavy atom. The van der Waals surface area contributed by atoms with Crippen LogP contribution in [0.25, 0.3) is 0 Å². The van der Waals surface area contributed by atoms with E-state index in [0.717, 1.165) is 12.3 Å². The van der Waals surface area contributed by atoms with Gasteiger partial charge in [0.05, 0.1) is 6.10 Å². The number of hydrogen-bond donors (Lipinski definition) is 1. The predicted molar refractivity (Wildman–Crippen MR) is 65.8 cm³/mol. The number of aliphatic hydroxyl groups excluding tert-OH is 1. The minimum Gasteiger partial charge on any atom is -0.393 e. The van der Waals surface area contributed by atoms with Gasteiger partial charge < -0.3 is 5.11 Å². The first-order valence-corrected chi connectivity index (χ1v) is 6.63. The Bertz CT molecular complexity index is 180. The molecular weight excluding hydrogens is 184 g/mol. The Kier molecular flexibility index (Phi) is 4.64. The highest BCUT2D eigenvalue weighted by Crippen LogP contribution is 2.41. The molecule has 0 aromatic rings. The highest BCUT2D eigenvalue weighted by atomic mass is 16.3. The van der Waals surface area contributed by atoms with Crippen LogP contribution in [-0.2, 0) is 0 Å². The molecule has 0 heterocycles. The van der Waals surface area contributed by atoms with Crippen LogP contribution in [0.4, 0.5) is 0 Å². The van der Waals surface area contributed by atoms with Gasteiger partial charge in [0, 0.05) is 0 Å². The maximum atomic E-state index is 10.2. The van der Waals surface area contributed by atoms with Crippen LogP contribution < -0.4 is 0 Å². The van der Waals surface area contributed by atoms with E-state index in [4.69, 9.17) is 0 Å². The lowest BCUT2D eigenvalue weighted by Gasteiger charge is -2.40. The summed E-state index contributed by atoms with van der Waals surface area (Å²) >= 11 is 0. The van der Waals surface area contributed by atoms with Crippen LogP contribution in [0.3, 0.4) is 0 Å². The molecule has 3 unspecified atom stereocenters. The van der Waals surface area contributed by atoms with Crippen molar-refractivity contribution in [2.75, 3.05) is 0 Å². The molecule has 0 amide bonds. The molecule has 1 nitrogen and oxygen atoms in total. The molecular formula is C14H28O. The third-order valence-corrected chi connectivity index (χ3v) is 4.00. The van der Waals surface area contributed by atoms with Crippen molar-refractivity contribution < 1.29 is 5.11 Å². The lowest BCUT2D eigenvalue weighted by Crippen LogP contribution is -2.37. The summed E-state index contributed by atoms with van der Waals surface area (Å²) in [5, 5.41) is 10.2. The van der Waals surface area contributed by atoms with Crippen molar-refractivity contribution in [1.29, 1.82) is 0 Å². The molecule has 1 heteroatoms. The fraction of sp³-hybridized carbons (Fsp3) is 1.00. The predicted octanol–water partition coefficient (Wildman–Crippen LogP) is 4.00. The van der Waals surface area contributed by atoms with Crippen molar-refractivity contribution in [3.63, 3.8) is 0 Å². The van der Waals surface area contributed by atoms with E-state index in [1.165, 1.54) is 32.1 Å². The summed E-state index contributed by atoms with van der Waals surface area (Å²) in [7, 11) is 0. The molecule has 1 N–H and O–H groups in total. The van der Waals surface area contributed by atoms with E-state index in [1.807, 2.05) is 0 Å². The van der Waals surface area contributed by atoms with Crippen molar-refractivity contribution in [3.8, 4) is 0 Å². The number of hydrogen-bond acceptors (Lipinski definition) is 1. The fourth-order valence-corrected chi connectivity index (χ4v) is 3.00. The fourth-order valence-electron chi connectivity index (χ4n) is 3.00. The largest absolute Gasteiger partial charge is 0.393 e. The second-order valence-electron chi connectivity index (χ2n) is 6.36. The molecule has 1 saturated carbocycles. The van der Waals surface area contributed by atoms with Crippen LogP contribution >= 0.6 is 0 Å². The first-order valence-electron chi connectivity index (χ1n) is 6.63. The van der Waals surface area contributed by atoms with E-state index in [1.54, 1.807) is 0 Å². The highest BCUT2D eigenvalue weighted by molar-refractivity contribution is 4.86. The number of aliphatic hydroxyl groups is 1. The molecule has 0 aromatic heterocycles. The summed E-state index contributed by atoms with van der Waals surface area (Å²) in [6.45, 7) is 9.02. The van der Waals surface area contributed by atoms with Crippen LogP contribution in [0, 0.1) is 17.3 Å². The van der Waals surface area contributed by atoms with Crippen LogP contribution in [0.1, 0.15) is 66.2 Å². The quantitative estimate of drug-likeness (QED) is 0.749. The van der Waals surface area contributed by atoms with E-state index < -0.39 is 0 Å². The van der Waals surface area contributed by atoms with Crippen LogP contribution in [-0.4, -0.2) is 11.2 Å². The van der Waals surface area contributed by atoms with Crippen molar-refractivity contribution in [1.82, 2.24) is 0 Å². The Hall–Kier alpha value is -0.0400. The molecule has 0 saturated heterocycles. The van der Waals surface area contributed by atoms with Crippen LogP contribution in [0.2, 0.25) is 0 Å². The zero-order chi connectivity index (χ0) is 11.5. The molecule has 0 radical (unpaired) electrons. The minimum absolute atomic E-state index is 0.0550. The van der Waals surface area contributed by atoms with Gasteiger partial charge in [-0.2, -0.15) is 0 Å². The Morgan fingerprint density at radius 2 is 1.87 bits per heavy atom. The molecule has 0 aliphatic heterocycles. The molecule has 15 heavy (non-hydrogen) atoms. The third-order valence-electron chi connectivity index (χ3n) is 4.00. The summed E-state index contributed by atoms with van der Waals surface area (Å²) in [4.78, 5) is 0. The van der Waals surface area contributed by atoms with E-state index in [9.17, 15) is 5.11 Å². The zero-order valence-electron chi connectivity index (χ0n) is 10.9. The Balaban J connectivity index is 2.41. The topological polar surface area (TPSA) is 20.2 Å². The zero-order valence-corrected chi connectivity index (χ0v) is 10.9. The number of unbranched alkanes of at least 4 members (excludes halogenated alkanes) is 1. The smallest absolute Gasteiger partial charge is 0.0576 e. The molecule has 0 aromatic carbocycles. The average Bonchev–Trinajstić information content (AvgIpc) is 2.12. The van der Waals surface area contributed by atoms with Gasteiger partial charge in [-0.3, -0.25) is 0 Å². The van der Waals surface area contributed by atoms with E-state index in [0.29, 0.717) is 5.92 Å².